The third kappa shape index (κ3) is 4.85. The van der Waals surface area contributed by atoms with Crippen LogP contribution < -0.4 is 10.6 Å². The highest BCUT2D eigenvalue weighted by Gasteiger charge is 2.40. The second kappa shape index (κ2) is 10.6. The number of imide groups is 1. The van der Waals surface area contributed by atoms with Gasteiger partial charge >= 0.3 is 0 Å². The Morgan fingerprint density at radius 2 is 1.37 bits per heavy atom. The van der Waals surface area contributed by atoms with Gasteiger partial charge in [-0.05, 0) is 55.2 Å². The summed E-state index contributed by atoms with van der Waals surface area (Å²) >= 11 is 0. The number of carbonyl (C=O) groups is 5. The van der Waals surface area contributed by atoms with Crippen LogP contribution >= 0.6 is 0 Å². The number of carbonyl (C=O) groups excluding carboxylic acids is 5. The van der Waals surface area contributed by atoms with Crippen molar-refractivity contribution in [1.82, 2.24) is 20.4 Å². The molecule has 206 valence electrons. The molecule has 0 aromatic heterocycles. The molecule has 2 N–H and O–H groups in total. The van der Waals surface area contributed by atoms with E-state index in [1.807, 2.05) is 36.1 Å². The van der Waals surface area contributed by atoms with E-state index in [1.165, 1.54) is 4.90 Å². The fourth-order valence-electron chi connectivity index (χ4n) is 6.14. The third-order valence-electron chi connectivity index (χ3n) is 8.23. The maximum Gasteiger partial charge on any atom is 0.255 e. The van der Waals surface area contributed by atoms with Gasteiger partial charge in [-0.25, -0.2) is 0 Å². The normalized spacial score (nSPS) is 23.1. The first-order chi connectivity index (χ1) is 19.8. The zero-order valence-corrected chi connectivity index (χ0v) is 22.6. The Morgan fingerprint density at radius 1 is 0.780 bits per heavy atom. The average Bonchev–Trinajstić information content (AvgIpc) is 3.46. The van der Waals surface area contributed by atoms with Gasteiger partial charge in [-0.15, -0.1) is 0 Å². The van der Waals surface area contributed by atoms with Gasteiger partial charge in [-0.3, -0.25) is 29.3 Å². The van der Waals surface area contributed by atoms with Gasteiger partial charge in [0.15, 0.2) is 0 Å². The van der Waals surface area contributed by atoms with Crippen molar-refractivity contribution in [3.63, 3.8) is 0 Å². The van der Waals surface area contributed by atoms with Crippen molar-refractivity contribution >= 4 is 29.5 Å². The summed E-state index contributed by atoms with van der Waals surface area (Å²) in [7, 11) is 0. The number of hydrogen-bond acceptors (Lipinski definition) is 5. The molecule has 0 radical (unpaired) electrons. The summed E-state index contributed by atoms with van der Waals surface area (Å²) in [6.07, 6.45) is 1.86. The lowest BCUT2D eigenvalue weighted by molar-refractivity contribution is -0.137. The lowest BCUT2D eigenvalue weighted by atomic mass is 9.98. The highest BCUT2D eigenvalue weighted by molar-refractivity contribution is 6.05. The van der Waals surface area contributed by atoms with Gasteiger partial charge in [-0.2, -0.15) is 0 Å². The van der Waals surface area contributed by atoms with E-state index < -0.39 is 11.9 Å². The lowest BCUT2D eigenvalue weighted by Crippen LogP contribution is -2.54. The van der Waals surface area contributed by atoms with Crippen LogP contribution in [0.3, 0.4) is 0 Å². The molecule has 6 rings (SSSR count). The Hall–Kier alpha value is -4.89. The van der Waals surface area contributed by atoms with Gasteiger partial charge in [0, 0.05) is 54.2 Å². The van der Waals surface area contributed by atoms with Crippen molar-refractivity contribution in [2.45, 2.75) is 70.2 Å². The predicted octanol–water partition coefficient (Wildman–Crippen LogP) is 1.86. The zero-order valence-electron chi connectivity index (χ0n) is 22.6. The molecular formula is C32H28N4O5. The minimum Gasteiger partial charge on any atom is -0.352 e. The molecule has 0 aliphatic carbocycles. The molecule has 41 heavy (non-hydrogen) atoms. The summed E-state index contributed by atoms with van der Waals surface area (Å²) < 4.78 is 0. The standard InChI is InChI=1S/C32H28N4O5/c1-19-26(13-15-28(37)33-19)35-17-24-20(9-5-11-22(24)31(35)40)7-3-2-4-8-21-10-6-12-23-25(21)18-36(32(23)41)27-14-16-29(38)34-30(27)39/h5-6,9-12,19,26-27H,2,13-18H2,1H3,(H,33,37)(H,34,38,39). The molecule has 4 heterocycles. The second-order valence-corrected chi connectivity index (χ2v) is 10.7. The first kappa shape index (κ1) is 26.3. The minimum absolute atomic E-state index is 0.0178. The monoisotopic (exact) mass is 548 g/mol. The molecule has 2 aromatic rings. The van der Waals surface area contributed by atoms with Crippen LogP contribution in [0.25, 0.3) is 0 Å². The Labute approximate surface area is 237 Å². The van der Waals surface area contributed by atoms with Gasteiger partial charge < -0.3 is 15.1 Å². The van der Waals surface area contributed by atoms with E-state index in [2.05, 4.69) is 34.3 Å². The van der Waals surface area contributed by atoms with E-state index in [0.717, 1.165) is 16.7 Å². The molecule has 9 nitrogen and oxygen atoms in total. The van der Waals surface area contributed by atoms with Crippen LogP contribution in [-0.2, 0) is 27.5 Å². The van der Waals surface area contributed by atoms with Crippen molar-refractivity contribution < 1.29 is 24.0 Å². The van der Waals surface area contributed by atoms with E-state index >= 15 is 0 Å². The van der Waals surface area contributed by atoms with Crippen LogP contribution in [0.4, 0.5) is 0 Å². The Bertz CT molecular complexity index is 1640. The topological polar surface area (TPSA) is 116 Å². The number of benzene rings is 2. The summed E-state index contributed by atoms with van der Waals surface area (Å²) in [5, 5.41) is 5.26. The summed E-state index contributed by atoms with van der Waals surface area (Å²) in [4.78, 5) is 65.1. The quantitative estimate of drug-likeness (QED) is 0.439. The van der Waals surface area contributed by atoms with Crippen molar-refractivity contribution in [2.75, 3.05) is 0 Å². The third-order valence-corrected chi connectivity index (χ3v) is 8.23. The van der Waals surface area contributed by atoms with Crippen molar-refractivity contribution in [1.29, 1.82) is 0 Å². The molecule has 2 aromatic carbocycles. The summed E-state index contributed by atoms with van der Waals surface area (Å²) in [5.74, 6) is 11.5. The van der Waals surface area contributed by atoms with Crippen molar-refractivity contribution in [3.8, 4) is 23.7 Å². The Morgan fingerprint density at radius 3 is 1.98 bits per heavy atom. The number of nitrogens with one attached hydrogen (secondary N) is 2. The van der Waals surface area contributed by atoms with Crippen LogP contribution in [0.5, 0.6) is 0 Å². The first-order valence-corrected chi connectivity index (χ1v) is 13.8. The summed E-state index contributed by atoms with van der Waals surface area (Å²) in [6.45, 7) is 2.66. The number of piperidine rings is 2. The number of nitrogens with zero attached hydrogens (tertiary/aromatic N) is 2. The van der Waals surface area contributed by atoms with E-state index in [9.17, 15) is 24.0 Å². The Kier molecular flexibility index (Phi) is 6.80. The molecule has 9 heteroatoms. The average molecular weight is 549 g/mol. The van der Waals surface area contributed by atoms with Crippen LogP contribution in [-0.4, -0.2) is 57.5 Å². The van der Waals surface area contributed by atoms with Crippen molar-refractivity contribution in [2.24, 2.45) is 0 Å². The second-order valence-electron chi connectivity index (χ2n) is 10.7. The molecule has 5 amide bonds. The van der Waals surface area contributed by atoms with Gasteiger partial charge in [-0.1, -0.05) is 35.8 Å². The SMILES string of the molecule is CC1NC(=O)CCC1N1Cc2c(C#CCC#Cc3cccc4c3CN(C3CCC(=O)NC3=O)C4=O)cccc2C1=O. The van der Waals surface area contributed by atoms with Gasteiger partial charge in [0.1, 0.15) is 6.04 Å². The first-order valence-electron chi connectivity index (χ1n) is 13.8. The maximum atomic E-state index is 13.2. The molecule has 0 saturated carbocycles. The predicted molar refractivity (Wildman–Crippen MR) is 148 cm³/mol. The molecule has 2 saturated heterocycles. The number of fused-ring (bicyclic) bond motifs is 2. The zero-order chi connectivity index (χ0) is 28.7. The fraction of sp³-hybridized carbons (Fsp3) is 0.344. The number of hydrogen-bond donors (Lipinski definition) is 2. The highest BCUT2D eigenvalue weighted by atomic mass is 16.2. The molecular weight excluding hydrogens is 520 g/mol. The van der Waals surface area contributed by atoms with E-state index in [4.69, 9.17) is 0 Å². The van der Waals surface area contributed by atoms with Gasteiger partial charge in [0.25, 0.3) is 11.8 Å². The van der Waals surface area contributed by atoms with Gasteiger partial charge in [0.2, 0.25) is 17.7 Å². The van der Waals surface area contributed by atoms with Crippen molar-refractivity contribution in [3.05, 3.63) is 69.8 Å². The maximum absolute atomic E-state index is 13.2. The molecule has 4 aliphatic rings. The molecule has 4 aliphatic heterocycles. The van der Waals surface area contributed by atoms with Crippen LogP contribution in [0, 0.1) is 23.7 Å². The summed E-state index contributed by atoms with van der Waals surface area (Å²) in [5.41, 5.74) is 4.34. The molecule has 3 atom stereocenters. The molecule has 0 spiro atoms. The summed E-state index contributed by atoms with van der Waals surface area (Å²) in [6, 6.07) is 10.1. The number of rotatable bonds is 2. The Balaban J connectivity index is 1.15. The molecule has 3 unspecified atom stereocenters. The van der Waals surface area contributed by atoms with Crippen LogP contribution in [0.15, 0.2) is 36.4 Å². The van der Waals surface area contributed by atoms with E-state index in [0.29, 0.717) is 48.9 Å². The van der Waals surface area contributed by atoms with Gasteiger partial charge in [0.05, 0.1) is 12.5 Å². The molecule has 2 fully saturated rings. The number of amides is 5. The highest BCUT2D eigenvalue weighted by Crippen LogP contribution is 2.31. The smallest absolute Gasteiger partial charge is 0.255 e. The largest absolute Gasteiger partial charge is 0.352 e. The van der Waals surface area contributed by atoms with Crippen LogP contribution in [0.2, 0.25) is 0 Å². The van der Waals surface area contributed by atoms with E-state index in [1.54, 1.807) is 12.1 Å². The lowest BCUT2D eigenvalue weighted by Gasteiger charge is -2.36. The van der Waals surface area contributed by atoms with Crippen LogP contribution in [0.1, 0.15) is 82.0 Å². The minimum atomic E-state index is -0.672. The van der Waals surface area contributed by atoms with E-state index in [-0.39, 0.29) is 48.7 Å². The molecule has 0 bridgehead atoms. The fourth-order valence-corrected chi connectivity index (χ4v) is 6.14.